The van der Waals surface area contributed by atoms with E-state index in [-0.39, 0.29) is 18.5 Å². The summed E-state index contributed by atoms with van der Waals surface area (Å²) in [5, 5.41) is 7.10. The average molecular weight is 253 g/mol. The Hall–Kier alpha value is -1.31. The van der Waals surface area contributed by atoms with Crippen LogP contribution in [-0.2, 0) is 9.59 Å². The molecule has 0 bridgehead atoms. The Morgan fingerprint density at radius 3 is 2.71 bits per heavy atom. The van der Waals surface area contributed by atoms with Crippen LogP contribution in [0.25, 0.3) is 0 Å². The molecule has 1 aliphatic rings. The lowest BCUT2D eigenvalue weighted by molar-refractivity contribution is -0.129. The highest BCUT2D eigenvalue weighted by atomic mass is 19.4. The monoisotopic (exact) mass is 253 g/mol. The van der Waals surface area contributed by atoms with Crippen molar-refractivity contribution >= 4 is 11.8 Å². The molecule has 0 spiro atoms. The lowest BCUT2D eigenvalue weighted by Crippen LogP contribution is -2.50. The van der Waals surface area contributed by atoms with Gasteiger partial charge in [-0.05, 0) is 6.42 Å². The van der Waals surface area contributed by atoms with E-state index >= 15 is 0 Å². The first-order valence-corrected chi connectivity index (χ1v) is 5.20. The van der Waals surface area contributed by atoms with E-state index in [1.54, 1.807) is 0 Å². The standard InChI is InChI=1S/C9H14F3N3O2/c10-9(11,12)5-13-4-8(17)15-6-1-2-7(16)14-3-6/h6,13H,1-5H2,(H,14,16)(H,15,17). The molecule has 1 fully saturated rings. The minimum absolute atomic E-state index is 0.0781. The van der Waals surface area contributed by atoms with Crippen LogP contribution in [0.4, 0.5) is 13.2 Å². The van der Waals surface area contributed by atoms with Crippen molar-refractivity contribution in [3.05, 3.63) is 0 Å². The van der Waals surface area contributed by atoms with E-state index in [4.69, 9.17) is 0 Å². The van der Waals surface area contributed by atoms with Crippen LogP contribution in [0, 0.1) is 0 Å². The molecule has 0 radical (unpaired) electrons. The first-order valence-electron chi connectivity index (χ1n) is 5.20. The zero-order valence-electron chi connectivity index (χ0n) is 9.06. The van der Waals surface area contributed by atoms with Crippen LogP contribution in [0.2, 0.25) is 0 Å². The Bertz CT molecular complexity index is 284. The molecule has 1 rings (SSSR count). The largest absolute Gasteiger partial charge is 0.401 e. The molecule has 8 heteroatoms. The number of piperidine rings is 1. The Kier molecular flexibility index (Phi) is 4.73. The van der Waals surface area contributed by atoms with Crippen LogP contribution >= 0.6 is 0 Å². The van der Waals surface area contributed by atoms with E-state index < -0.39 is 18.6 Å². The predicted molar refractivity (Wildman–Crippen MR) is 53.1 cm³/mol. The maximum Gasteiger partial charge on any atom is 0.401 e. The summed E-state index contributed by atoms with van der Waals surface area (Å²) in [4.78, 5) is 22.0. The van der Waals surface area contributed by atoms with Crippen molar-refractivity contribution in [2.45, 2.75) is 25.1 Å². The second-order valence-corrected chi connectivity index (χ2v) is 3.83. The topological polar surface area (TPSA) is 70.2 Å². The number of carbonyl (C=O) groups excluding carboxylic acids is 2. The molecule has 1 atom stereocenters. The molecule has 0 aliphatic carbocycles. The molecular formula is C9H14F3N3O2. The fourth-order valence-electron chi connectivity index (χ4n) is 1.45. The molecule has 0 saturated carbocycles. The molecule has 0 aromatic rings. The van der Waals surface area contributed by atoms with Gasteiger partial charge in [0.2, 0.25) is 11.8 Å². The Morgan fingerprint density at radius 1 is 1.47 bits per heavy atom. The Morgan fingerprint density at radius 2 is 2.18 bits per heavy atom. The molecule has 1 unspecified atom stereocenters. The summed E-state index contributed by atoms with van der Waals surface area (Å²) >= 11 is 0. The van der Waals surface area contributed by atoms with Gasteiger partial charge < -0.3 is 16.0 Å². The van der Waals surface area contributed by atoms with E-state index in [0.717, 1.165) is 0 Å². The van der Waals surface area contributed by atoms with Gasteiger partial charge in [0.05, 0.1) is 13.1 Å². The SMILES string of the molecule is O=C1CCC(NC(=O)CNCC(F)(F)F)CN1. The van der Waals surface area contributed by atoms with Crippen LogP contribution in [0.1, 0.15) is 12.8 Å². The first kappa shape index (κ1) is 13.8. The second kappa shape index (κ2) is 5.85. The maximum atomic E-state index is 11.8. The maximum absolute atomic E-state index is 11.8. The van der Waals surface area contributed by atoms with E-state index in [9.17, 15) is 22.8 Å². The van der Waals surface area contributed by atoms with Crippen LogP contribution in [0.3, 0.4) is 0 Å². The van der Waals surface area contributed by atoms with Crippen molar-refractivity contribution in [2.24, 2.45) is 0 Å². The number of nitrogens with one attached hydrogen (secondary N) is 3. The average Bonchev–Trinajstić information content (AvgIpc) is 2.19. The summed E-state index contributed by atoms with van der Waals surface area (Å²) < 4.78 is 35.3. The molecule has 1 aliphatic heterocycles. The second-order valence-electron chi connectivity index (χ2n) is 3.83. The van der Waals surface area contributed by atoms with Gasteiger partial charge in [-0.15, -0.1) is 0 Å². The number of hydrogen-bond donors (Lipinski definition) is 3. The molecule has 3 N–H and O–H groups in total. The fraction of sp³-hybridized carbons (Fsp3) is 0.778. The van der Waals surface area contributed by atoms with Gasteiger partial charge in [0.25, 0.3) is 0 Å². The van der Waals surface area contributed by atoms with E-state index in [1.165, 1.54) is 0 Å². The van der Waals surface area contributed by atoms with Gasteiger partial charge >= 0.3 is 6.18 Å². The van der Waals surface area contributed by atoms with Crippen molar-refractivity contribution in [1.29, 1.82) is 0 Å². The van der Waals surface area contributed by atoms with Gasteiger partial charge in [-0.25, -0.2) is 0 Å². The number of carbonyl (C=O) groups is 2. The third kappa shape index (κ3) is 6.10. The zero-order chi connectivity index (χ0) is 12.9. The van der Waals surface area contributed by atoms with Crippen molar-refractivity contribution in [3.63, 3.8) is 0 Å². The summed E-state index contributed by atoms with van der Waals surface area (Å²) in [5.41, 5.74) is 0. The van der Waals surface area contributed by atoms with Gasteiger partial charge in [-0.3, -0.25) is 9.59 Å². The van der Waals surface area contributed by atoms with Gasteiger partial charge in [-0.1, -0.05) is 0 Å². The van der Waals surface area contributed by atoms with Gasteiger partial charge in [0, 0.05) is 19.0 Å². The zero-order valence-corrected chi connectivity index (χ0v) is 9.06. The predicted octanol–water partition coefficient (Wildman–Crippen LogP) is -0.467. The highest BCUT2D eigenvalue weighted by Gasteiger charge is 2.27. The molecule has 1 heterocycles. The van der Waals surface area contributed by atoms with Gasteiger partial charge in [-0.2, -0.15) is 13.2 Å². The normalized spacial score (nSPS) is 20.9. The third-order valence-corrected chi connectivity index (χ3v) is 2.24. The van der Waals surface area contributed by atoms with Gasteiger partial charge in [0.15, 0.2) is 0 Å². The van der Waals surface area contributed by atoms with E-state index in [0.29, 0.717) is 19.4 Å². The third-order valence-electron chi connectivity index (χ3n) is 2.24. The molecule has 2 amide bonds. The molecule has 17 heavy (non-hydrogen) atoms. The van der Waals surface area contributed by atoms with Gasteiger partial charge in [0.1, 0.15) is 0 Å². The molecule has 98 valence electrons. The minimum Gasteiger partial charge on any atom is -0.354 e. The molecule has 5 nitrogen and oxygen atoms in total. The summed E-state index contributed by atoms with van der Waals surface area (Å²) in [6.07, 6.45) is -3.49. The van der Waals surface area contributed by atoms with Crippen molar-refractivity contribution in [1.82, 2.24) is 16.0 Å². The van der Waals surface area contributed by atoms with Crippen molar-refractivity contribution in [3.8, 4) is 0 Å². The molecular weight excluding hydrogens is 239 g/mol. The van der Waals surface area contributed by atoms with E-state index in [2.05, 4.69) is 10.6 Å². The van der Waals surface area contributed by atoms with Crippen LogP contribution in [0.15, 0.2) is 0 Å². The lowest BCUT2D eigenvalue weighted by Gasteiger charge is -2.23. The lowest BCUT2D eigenvalue weighted by atomic mass is 10.1. The highest BCUT2D eigenvalue weighted by Crippen LogP contribution is 2.11. The number of alkyl halides is 3. The summed E-state index contributed by atoms with van der Waals surface area (Å²) in [6, 6.07) is -0.201. The summed E-state index contributed by atoms with van der Waals surface area (Å²) in [5.74, 6) is -0.582. The van der Waals surface area contributed by atoms with Crippen molar-refractivity contribution < 1.29 is 22.8 Å². The van der Waals surface area contributed by atoms with Crippen LogP contribution in [0.5, 0.6) is 0 Å². The number of rotatable bonds is 4. The fourth-order valence-corrected chi connectivity index (χ4v) is 1.45. The molecule has 1 saturated heterocycles. The van der Waals surface area contributed by atoms with Crippen LogP contribution < -0.4 is 16.0 Å². The smallest absolute Gasteiger partial charge is 0.354 e. The van der Waals surface area contributed by atoms with Crippen LogP contribution in [-0.4, -0.2) is 43.7 Å². The summed E-state index contributed by atoms with van der Waals surface area (Å²) in [6.45, 7) is -1.25. The minimum atomic E-state index is -4.32. The summed E-state index contributed by atoms with van der Waals surface area (Å²) in [7, 11) is 0. The number of halogens is 3. The first-order chi connectivity index (χ1) is 7.87. The number of hydrogen-bond acceptors (Lipinski definition) is 3. The molecule has 0 aromatic heterocycles. The van der Waals surface area contributed by atoms with E-state index in [1.807, 2.05) is 5.32 Å². The van der Waals surface area contributed by atoms with Crippen molar-refractivity contribution in [2.75, 3.05) is 19.6 Å². The quantitative estimate of drug-likeness (QED) is 0.634. The molecule has 0 aromatic carbocycles. The Balaban J connectivity index is 2.15. The Labute approximate surface area is 96.1 Å². The highest BCUT2D eigenvalue weighted by molar-refractivity contribution is 5.80. The number of amides is 2.